The third kappa shape index (κ3) is 8.57. The Kier molecular flexibility index (Phi) is 12.8. The third-order valence-electron chi connectivity index (χ3n) is 7.45. The van der Waals surface area contributed by atoms with Gasteiger partial charge in [0.05, 0.1) is 54.7 Å². The van der Waals surface area contributed by atoms with Gasteiger partial charge in [0.15, 0.2) is 11.5 Å². The van der Waals surface area contributed by atoms with Crippen molar-refractivity contribution in [3.05, 3.63) is 95.3 Å². The molecule has 1 saturated carbocycles. The summed E-state index contributed by atoms with van der Waals surface area (Å²) in [5.74, 6) is 1.12. The van der Waals surface area contributed by atoms with Gasteiger partial charge in [0.1, 0.15) is 19.4 Å². The maximum absolute atomic E-state index is 12.0. The van der Waals surface area contributed by atoms with Crippen LogP contribution in [-0.4, -0.2) is 57.3 Å². The number of benzene rings is 1. The number of ether oxygens (including phenoxy) is 2. The molecule has 0 saturated heterocycles. The van der Waals surface area contributed by atoms with Gasteiger partial charge < -0.3 is 24.1 Å². The Labute approximate surface area is 268 Å². The van der Waals surface area contributed by atoms with Crippen LogP contribution in [-0.2, 0) is 20.7 Å². The van der Waals surface area contributed by atoms with Crippen molar-refractivity contribution in [2.24, 2.45) is 0 Å². The van der Waals surface area contributed by atoms with Crippen LogP contribution in [0.25, 0.3) is 5.65 Å². The Balaban J connectivity index is 0.00000116. The van der Waals surface area contributed by atoms with E-state index in [0.29, 0.717) is 36.2 Å². The summed E-state index contributed by atoms with van der Waals surface area (Å²) in [5, 5.41) is 12.0. The normalized spacial score (nSPS) is 15.8. The van der Waals surface area contributed by atoms with Crippen molar-refractivity contribution >= 4 is 24.1 Å². The summed E-state index contributed by atoms with van der Waals surface area (Å²) in [6, 6.07) is 10.6. The molecule has 6 rings (SSSR count). The molecule has 2 aliphatic rings. The third-order valence-corrected chi connectivity index (χ3v) is 7.45. The van der Waals surface area contributed by atoms with Gasteiger partial charge in [-0.25, -0.2) is 14.3 Å². The molecule has 1 aliphatic carbocycles. The Hall–Kier alpha value is -5.04. The zero-order valence-corrected chi connectivity index (χ0v) is 26.6. The second-order valence-corrected chi connectivity index (χ2v) is 10.4. The van der Waals surface area contributed by atoms with E-state index in [1.54, 1.807) is 30.5 Å². The zero-order valence-electron chi connectivity index (χ0n) is 26.6. The summed E-state index contributed by atoms with van der Waals surface area (Å²) in [6.07, 6.45) is 12.8. The molecular formula is C33H42N8O5. The van der Waals surface area contributed by atoms with E-state index in [9.17, 15) is 4.79 Å². The predicted octanol–water partition coefficient (Wildman–Crippen LogP) is 5.08. The predicted molar refractivity (Wildman–Crippen MR) is 173 cm³/mol. The quantitative estimate of drug-likeness (QED) is 0.109. The summed E-state index contributed by atoms with van der Waals surface area (Å²) in [4.78, 5) is 29.0. The second kappa shape index (κ2) is 17.4. The molecule has 4 aromatic rings. The molecule has 4 heterocycles. The number of rotatable bonds is 12. The molecule has 3 N–H and O–H groups in total. The van der Waals surface area contributed by atoms with Gasteiger partial charge in [0.25, 0.3) is 0 Å². The first-order valence-electron chi connectivity index (χ1n) is 15.6. The summed E-state index contributed by atoms with van der Waals surface area (Å²) in [7, 11) is 0. The van der Waals surface area contributed by atoms with Crippen molar-refractivity contribution in [3.8, 4) is 0 Å². The van der Waals surface area contributed by atoms with Crippen LogP contribution in [0.4, 0.5) is 5.69 Å². The highest BCUT2D eigenvalue weighted by Crippen LogP contribution is 2.37. The fraction of sp³-hybridized carbons (Fsp3) is 0.394. The molecule has 0 radical (unpaired) electrons. The smallest absolute Gasteiger partial charge is 0.338 e. The van der Waals surface area contributed by atoms with Crippen LogP contribution < -0.4 is 16.2 Å². The number of aromatic nitrogens is 5. The molecule has 1 aliphatic heterocycles. The number of dihydropyridines is 1. The van der Waals surface area contributed by atoms with Gasteiger partial charge in [-0.1, -0.05) is 50.0 Å². The minimum atomic E-state index is -0.367. The van der Waals surface area contributed by atoms with Crippen molar-refractivity contribution < 1.29 is 23.6 Å². The van der Waals surface area contributed by atoms with Gasteiger partial charge in [0.2, 0.25) is 5.89 Å². The van der Waals surface area contributed by atoms with Gasteiger partial charge in [-0.05, 0) is 43.5 Å². The van der Waals surface area contributed by atoms with E-state index in [0.717, 1.165) is 41.1 Å². The molecule has 0 amide bonds. The van der Waals surface area contributed by atoms with Crippen LogP contribution in [0.5, 0.6) is 0 Å². The van der Waals surface area contributed by atoms with Crippen molar-refractivity contribution in [3.63, 3.8) is 0 Å². The number of hydrazine groups is 1. The lowest BCUT2D eigenvalue weighted by molar-refractivity contribution is -0.0980. The van der Waals surface area contributed by atoms with E-state index < -0.39 is 0 Å². The Morgan fingerprint density at radius 2 is 1.87 bits per heavy atom. The van der Waals surface area contributed by atoms with E-state index in [1.807, 2.05) is 62.7 Å². The van der Waals surface area contributed by atoms with Gasteiger partial charge in [-0.3, -0.25) is 10.9 Å². The molecule has 13 heteroatoms. The first-order valence-corrected chi connectivity index (χ1v) is 15.6. The van der Waals surface area contributed by atoms with Gasteiger partial charge in [-0.2, -0.15) is 10.1 Å². The fourth-order valence-corrected chi connectivity index (χ4v) is 5.34. The summed E-state index contributed by atoms with van der Waals surface area (Å²) >= 11 is 0. The standard InChI is InChI=1S/C30H34N8O4.C2H6.CH2O/c1-20-17-23(35-36-24-19-31-25-11-13-33-38(25)28(24)21-7-5-6-8-21)18-32-27(20)29-34-26(42-37-29)12-14-40-15-16-41-30(39)22-9-3-2-4-10-22;2*1-2/h2-4,9-11,13,17-19,21,27,32,35-36H,5-8,12,14-16H2,1H3;1-2H3;1H2. The van der Waals surface area contributed by atoms with Crippen LogP contribution in [0.1, 0.15) is 86.2 Å². The summed E-state index contributed by atoms with van der Waals surface area (Å²) < 4.78 is 18.2. The molecule has 244 valence electrons. The van der Waals surface area contributed by atoms with Crippen LogP contribution in [0, 0.1) is 0 Å². The maximum Gasteiger partial charge on any atom is 0.338 e. The van der Waals surface area contributed by atoms with E-state index in [4.69, 9.17) is 18.8 Å². The number of fused-ring (bicyclic) bond motifs is 1. The number of hydrogen-bond acceptors (Lipinski definition) is 12. The lowest BCUT2D eigenvalue weighted by Gasteiger charge is -2.23. The molecule has 1 unspecified atom stereocenters. The molecule has 0 bridgehead atoms. The van der Waals surface area contributed by atoms with Crippen molar-refractivity contribution in [2.45, 2.75) is 64.8 Å². The van der Waals surface area contributed by atoms with Crippen molar-refractivity contribution in [2.75, 3.05) is 25.2 Å². The summed E-state index contributed by atoms with van der Waals surface area (Å²) in [5.41, 5.74) is 12.0. The lowest BCUT2D eigenvalue weighted by Crippen LogP contribution is -2.29. The number of allylic oxidation sites excluding steroid dienone is 1. The highest BCUT2D eigenvalue weighted by atomic mass is 16.6. The van der Waals surface area contributed by atoms with E-state index in [-0.39, 0.29) is 25.2 Å². The average Bonchev–Trinajstić information content (AvgIpc) is 3.90. The maximum atomic E-state index is 12.0. The topological polar surface area (TPSA) is 158 Å². The number of esters is 1. The van der Waals surface area contributed by atoms with Gasteiger partial charge in [0, 0.05) is 18.2 Å². The summed E-state index contributed by atoms with van der Waals surface area (Å²) in [6.45, 7) is 8.85. The molecule has 1 aromatic carbocycles. The first-order chi connectivity index (χ1) is 22.7. The molecule has 0 spiro atoms. The van der Waals surface area contributed by atoms with Crippen LogP contribution in [0.3, 0.4) is 0 Å². The molecule has 13 nitrogen and oxygen atoms in total. The highest BCUT2D eigenvalue weighted by Gasteiger charge is 2.25. The SMILES string of the molecule is C=O.CC.CC1=CC(NNc2cnc3ccnn3c2C2CCCC2)=CNC1c1noc(CCOCCOC(=O)c2ccccc2)n1. The average molecular weight is 631 g/mol. The van der Waals surface area contributed by atoms with Crippen LogP contribution in [0.2, 0.25) is 0 Å². The van der Waals surface area contributed by atoms with Crippen molar-refractivity contribution in [1.82, 2.24) is 35.5 Å². The minimum Gasteiger partial charge on any atom is -0.460 e. The number of carbonyl (C=O) groups is 2. The van der Waals surface area contributed by atoms with E-state index in [1.165, 1.54) is 12.8 Å². The first kappa shape index (κ1) is 33.8. The highest BCUT2D eigenvalue weighted by molar-refractivity contribution is 5.89. The number of carbonyl (C=O) groups excluding carboxylic acids is 2. The van der Waals surface area contributed by atoms with Crippen molar-refractivity contribution in [1.29, 1.82) is 0 Å². The van der Waals surface area contributed by atoms with E-state index >= 15 is 0 Å². The Morgan fingerprint density at radius 1 is 1.09 bits per heavy atom. The number of hydrogen-bond donors (Lipinski definition) is 3. The molecule has 3 aromatic heterocycles. The van der Waals surface area contributed by atoms with Crippen LogP contribution >= 0.6 is 0 Å². The molecule has 1 atom stereocenters. The molecule has 46 heavy (non-hydrogen) atoms. The largest absolute Gasteiger partial charge is 0.460 e. The van der Waals surface area contributed by atoms with Gasteiger partial charge >= 0.3 is 5.97 Å². The fourth-order valence-electron chi connectivity index (χ4n) is 5.34. The minimum absolute atomic E-state index is 0.173. The van der Waals surface area contributed by atoms with Gasteiger partial charge in [-0.15, -0.1) is 0 Å². The van der Waals surface area contributed by atoms with E-state index in [2.05, 4.69) is 36.4 Å². The number of anilines is 1. The zero-order chi connectivity index (χ0) is 32.7. The molecule has 1 fully saturated rings. The Morgan fingerprint density at radius 3 is 2.63 bits per heavy atom. The monoisotopic (exact) mass is 630 g/mol. The molecular weight excluding hydrogens is 588 g/mol. The second-order valence-electron chi connectivity index (χ2n) is 10.4. The number of nitrogens with one attached hydrogen (secondary N) is 3. The lowest BCUT2D eigenvalue weighted by atomic mass is 10.0. The Bertz CT molecular complexity index is 1590. The van der Waals surface area contributed by atoms with Crippen LogP contribution in [0.15, 0.2) is 76.9 Å². The number of nitrogens with zero attached hydrogens (tertiary/aromatic N) is 5.